The number of nitrogens with two attached hydrogens (primary N) is 1. The van der Waals surface area contributed by atoms with Crippen LogP contribution in [0.2, 0.25) is 0 Å². The molecule has 0 aromatic heterocycles. The lowest BCUT2D eigenvalue weighted by molar-refractivity contribution is -0.138. The molecular formula is C2H2NO2. The first-order valence-corrected chi connectivity index (χ1v) is 0.947. The smallest absolute Gasteiger partial charge is 0.311 e. The monoisotopic (exact) mass is 72.0 g/mol. The van der Waals surface area contributed by atoms with Gasteiger partial charge < -0.3 is 5.73 Å². The van der Waals surface area contributed by atoms with Crippen molar-refractivity contribution in [2.45, 2.75) is 0 Å². The van der Waals surface area contributed by atoms with Crippen molar-refractivity contribution in [2.24, 2.45) is 5.73 Å². The van der Waals surface area contributed by atoms with Gasteiger partial charge in [0.15, 0.2) is 6.54 Å². The van der Waals surface area contributed by atoms with Crippen molar-refractivity contribution in [2.75, 3.05) is 0 Å². The van der Waals surface area contributed by atoms with Crippen LogP contribution in [0, 0.1) is 6.54 Å². The van der Waals surface area contributed by atoms with Gasteiger partial charge in [0.25, 0.3) is 0 Å². The van der Waals surface area contributed by atoms with Crippen LogP contribution in [0.25, 0.3) is 0 Å². The lowest BCUT2D eigenvalue weighted by atomic mass is 10.7. The Balaban J connectivity index is 2.85. The van der Waals surface area contributed by atoms with Crippen molar-refractivity contribution in [1.29, 1.82) is 0 Å². The maximum atomic E-state index is 9.02. The van der Waals surface area contributed by atoms with Crippen LogP contribution in [-0.4, -0.2) is 5.97 Å². The molecule has 0 aromatic carbocycles. The third kappa shape index (κ3) is 3.43. The Kier molecular flexibility index (Phi) is 1.53. The summed E-state index contributed by atoms with van der Waals surface area (Å²) in [5.41, 5.74) is 4.26. The van der Waals surface area contributed by atoms with E-state index in [1.165, 1.54) is 6.54 Å². The lowest BCUT2D eigenvalue weighted by Gasteiger charge is -1.64. The first-order valence-electron chi connectivity index (χ1n) is 0.947. The minimum absolute atomic E-state index is 1.33. The van der Waals surface area contributed by atoms with E-state index in [1.807, 2.05) is 0 Å². The van der Waals surface area contributed by atoms with Crippen LogP contribution >= 0.6 is 0 Å². The molecule has 0 heterocycles. The first-order chi connectivity index (χ1) is 2.27. The highest BCUT2D eigenvalue weighted by molar-refractivity contribution is 5.74. The fourth-order valence-electron chi connectivity index (χ4n) is 0. The van der Waals surface area contributed by atoms with Gasteiger partial charge in [-0.1, -0.05) is 0 Å². The molecule has 0 amide bonds. The standard InChI is InChI=1S/C2H2NO2/c3-1-2(4)5/h3H2. The highest BCUT2D eigenvalue weighted by Crippen LogP contribution is 1.55. The molecule has 0 spiro atoms. The maximum Gasteiger partial charge on any atom is 0.380 e. The van der Waals surface area contributed by atoms with Crippen molar-refractivity contribution < 1.29 is 9.90 Å². The second kappa shape index (κ2) is 1.72. The Morgan fingerprint density at radius 3 is 2.00 bits per heavy atom. The van der Waals surface area contributed by atoms with Gasteiger partial charge >= 0.3 is 5.97 Å². The van der Waals surface area contributed by atoms with E-state index < -0.39 is 5.97 Å². The summed E-state index contributed by atoms with van der Waals surface area (Å²) in [7, 11) is 0. The molecule has 0 aliphatic heterocycles. The van der Waals surface area contributed by atoms with Crippen LogP contribution in [0.4, 0.5) is 0 Å². The van der Waals surface area contributed by atoms with Gasteiger partial charge in [0.1, 0.15) is 0 Å². The highest BCUT2D eigenvalue weighted by Gasteiger charge is 1.89. The number of rotatable bonds is 1. The Hall–Kier alpha value is -0.570. The average molecular weight is 72.0 g/mol. The van der Waals surface area contributed by atoms with Crippen molar-refractivity contribution >= 4 is 5.97 Å². The zero-order valence-electron chi connectivity index (χ0n) is 2.39. The van der Waals surface area contributed by atoms with E-state index in [2.05, 4.69) is 5.73 Å². The normalized spacial score (nSPS) is 7.40. The average Bonchev–Trinajstić information content (AvgIpc) is 1.38. The second-order valence-electron chi connectivity index (χ2n) is 0.432. The molecule has 2 N–H and O–H groups in total. The van der Waals surface area contributed by atoms with E-state index in [-0.39, 0.29) is 0 Å². The molecular weight excluding hydrogens is 70.0 g/mol. The van der Waals surface area contributed by atoms with Crippen molar-refractivity contribution in [3.63, 3.8) is 0 Å². The Labute approximate surface area is 29.4 Å². The van der Waals surface area contributed by atoms with Gasteiger partial charge in [-0.15, -0.1) is 0 Å². The third-order valence-corrected chi connectivity index (χ3v) is 0.118. The molecule has 0 rings (SSSR count). The van der Waals surface area contributed by atoms with E-state index in [0.717, 1.165) is 0 Å². The molecule has 27 valence electrons. The van der Waals surface area contributed by atoms with Gasteiger partial charge in [-0.2, -0.15) is 0 Å². The Bertz CT molecular complexity index is 42.9. The molecule has 0 aliphatic rings. The quantitative estimate of drug-likeness (QED) is 0.401. The summed E-state index contributed by atoms with van der Waals surface area (Å²) < 4.78 is 0. The molecule has 3 radical (unpaired) electrons. The fourth-order valence-corrected chi connectivity index (χ4v) is 0. The SMILES string of the molecule is N[C]C([O])=O. The number of carbonyl (C=O) groups excluding carboxylic acids is 1. The second-order valence-corrected chi connectivity index (χ2v) is 0.432. The minimum atomic E-state index is -1.47. The topological polar surface area (TPSA) is 63.0 Å². The first kappa shape index (κ1) is 4.43. The van der Waals surface area contributed by atoms with E-state index >= 15 is 0 Å². The van der Waals surface area contributed by atoms with Gasteiger partial charge in [-0.3, -0.25) is 0 Å². The van der Waals surface area contributed by atoms with Gasteiger partial charge in [0, 0.05) is 0 Å². The molecule has 0 aliphatic carbocycles. The summed E-state index contributed by atoms with van der Waals surface area (Å²) in [5.74, 6) is -1.47. The highest BCUT2D eigenvalue weighted by atomic mass is 16.4. The molecule has 0 aromatic rings. The lowest BCUT2D eigenvalue weighted by Crippen LogP contribution is -2.01. The van der Waals surface area contributed by atoms with Crippen LogP contribution < -0.4 is 5.73 Å². The van der Waals surface area contributed by atoms with Gasteiger partial charge in [-0.25, -0.2) is 9.90 Å². The van der Waals surface area contributed by atoms with Gasteiger partial charge in [0.05, 0.1) is 0 Å². The molecule has 0 saturated heterocycles. The third-order valence-electron chi connectivity index (χ3n) is 0.118. The van der Waals surface area contributed by atoms with Crippen LogP contribution in [0.15, 0.2) is 0 Å². The largest absolute Gasteiger partial charge is 0.380 e. The molecule has 3 nitrogen and oxygen atoms in total. The maximum absolute atomic E-state index is 9.02. The fraction of sp³-hybridized carbons (Fsp3) is 0. The zero-order valence-corrected chi connectivity index (χ0v) is 2.39. The number of carbonyl (C=O) groups is 1. The molecule has 0 fully saturated rings. The summed E-state index contributed by atoms with van der Waals surface area (Å²) in [6, 6.07) is 0. The summed E-state index contributed by atoms with van der Waals surface area (Å²) in [6.45, 7) is 1.33. The molecule has 0 saturated carbocycles. The predicted molar refractivity (Wildman–Crippen MR) is 13.1 cm³/mol. The van der Waals surface area contributed by atoms with Gasteiger partial charge in [0.2, 0.25) is 0 Å². The van der Waals surface area contributed by atoms with E-state index in [0.29, 0.717) is 0 Å². The number of hydrogen-bond donors (Lipinski definition) is 1. The summed E-state index contributed by atoms with van der Waals surface area (Å²) >= 11 is 0. The van der Waals surface area contributed by atoms with Crippen LogP contribution in [0.5, 0.6) is 0 Å². The number of hydrogen-bond acceptors (Lipinski definition) is 2. The van der Waals surface area contributed by atoms with Crippen LogP contribution in [0.1, 0.15) is 0 Å². The molecule has 5 heavy (non-hydrogen) atoms. The molecule has 3 heteroatoms. The predicted octanol–water partition coefficient (Wildman–Crippen LogP) is -1.06. The van der Waals surface area contributed by atoms with Crippen molar-refractivity contribution in [1.82, 2.24) is 0 Å². The summed E-state index contributed by atoms with van der Waals surface area (Å²) in [6.07, 6.45) is 0. The van der Waals surface area contributed by atoms with Crippen LogP contribution in [-0.2, 0) is 9.90 Å². The Morgan fingerprint density at radius 2 is 2.00 bits per heavy atom. The molecule has 0 atom stereocenters. The molecule has 0 unspecified atom stereocenters. The Morgan fingerprint density at radius 1 is 1.80 bits per heavy atom. The molecule has 0 bridgehead atoms. The van der Waals surface area contributed by atoms with Crippen molar-refractivity contribution in [3.8, 4) is 0 Å². The van der Waals surface area contributed by atoms with Crippen molar-refractivity contribution in [3.05, 3.63) is 6.54 Å². The minimum Gasteiger partial charge on any atom is -0.311 e. The summed E-state index contributed by atoms with van der Waals surface area (Å²) in [4.78, 5) is 9.02. The summed E-state index contributed by atoms with van der Waals surface area (Å²) in [5, 5.41) is 9.02. The van der Waals surface area contributed by atoms with E-state index in [4.69, 9.17) is 9.90 Å². The van der Waals surface area contributed by atoms with E-state index in [9.17, 15) is 0 Å². The van der Waals surface area contributed by atoms with Crippen LogP contribution in [0.3, 0.4) is 0 Å². The zero-order chi connectivity index (χ0) is 4.28. The van der Waals surface area contributed by atoms with Gasteiger partial charge in [-0.05, 0) is 0 Å². The van der Waals surface area contributed by atoms with E-state index in [1.54, 1.807) is 0 Å².